The van der Waals surface area contributed by atoms with E-state index in [9.17, 15) is 0 Å². The van der Waals surface area contributed by atoms with E-state index in [1.807, 2.05) is 11.6 Å². The summed E-state index contributed by atoms with van der Waals surface area (Å²) >= 11 is 1.68. The molecule has 1 heterocycles. The molecule has 0 amide bonds. The van der Waals surface area contributed by atoms with E-state index in [-0.39, 0.29) is 0 Å². The van der Waals surface area contributed by atoms with Crippen LogP contribution < -0.4 is 4.90 Å². The summed E-state index contributed by atoms with van der Waals surface area (Å²) in [5.41, 5.74) is 2.48. The van der Waals surface area contributed by atoms with Gasteiger partial charge in [-0.3, -0.25) is 0 Å². The van der Waals surface area contributed by atoms with Crippen LogP contribution in [0.15, 0.2) is 35.8 Å². The Labute approximate surface area is 101 Å². The molecule has 0 atom stereocenters. The first-order valence-corrected chi connectivity index (χ1v) is 6.48. The largest absolute Gasteiger partial charge is 0.372 e. The lowest BCUT2D eigenvalue weighted by molar-refractivity contribution is 0.866. The topological polar surface area (TPSA) is 16.1 Å². The van der Waals surface area contributed by atoms with Gasteiger partial charge in [-0.1, -0.05) is 0 Å². The molecule has 0 unspecified atom stereocenters. The summed E-state index contributed by atoms with van der Waals surface area (Å²) in [6, 6.07) is 8.63. The molecule has 2 aromatic rings. The zero-order valence-corrected chi connectivity index (χ0v) is 10.5. The number of hydrogen-bond acceptors (Lipinski definition) is 3. The third-order valence-electron chi connectivity index (χ3n) is 2.68. The van der Waals surface area contributed by atoms with Gasteiger partial charge in [-0.15, -0.1) is 11.3 Å². The second-order valence-electron chi connectivity index (χ2n) is 3.56. The van der Waals surface area contributed by atoms with Crippen LogP contribution in [0.5, 0.6) is 0 Å². The van der Waals surface area contributed by atoms with E-state index >= 15 is 0 Å². The first-order chi connectivity index (χ1) is 7.85. The second kappa shape index (κ2) is 5.12. The Kier molecular flexibility index (Phi) is 3.57. The monoisotopic (exact) mass is 232 g/mol. The molecule has 1 aromatic heterocycles. The maximum Gasteiger partial charge on any atom is 0.123 e. The van der Waals surface area contributed by atoms with Crippen LogP contribution in [0.1, 0.15) is 13.8 Å². The van der Waals surface area contributed by atoms with Crippen molar-refractivity contribution in [1.82, 2.24) is 4.98 Å². The summed E-state index contributed by atoms with van der Waals surface area (Å²) in [5, 5.41) is 3.10. The molecule has 0 aliphatic heterocycles. The van der Waals surface area contributed by atoms with Gasteiger partial charge in [0, 0.05) is 35.9 Å². The summed E-state index contributed by atoms with van der Waals surface area (Å²) in [7, 11) is 0. The van der Waals surface area contributed by atoms with Gasteiger partial charge in [-0.2, -0.15) is 0 Å². The Morgan fingerprint density at radius 3 is 2.31 bits per heavy atom. The molecule has 0 saturated carbocycles. The minimum Gasteiger partial charge on any atom is -0.372 e. The predicted molar refractivity (Wildman–Crippen MR) is 71.1 cm³/mol. The predicted octanol–water partition coefficient (Wildman–Crippen LogP) is 3.66. The molecule has 2 rings (SSSR count). The smallest absolute Gasteiger partial charge is 0.123 e. The fraction of sp³-hybridized carbons (Fsp3) is 0.308. The summed E-state index contributed by atoms with van der Waals surface area (Å²) < 4.78 is 0. The molecule has 0 aliphatic carbocycles. The molecule has 0 radical (unpaired) electrons. The Balaban J connectivity index is 2.22. The molecular formula is C13H16N2S. The zero-order chi connectivity index (χ0) is 11.4. The van der Waals surface area contributed by atoms with Crippen LogP contribution in [0, 0.1) is 0 Å². The Hall–Kier alpha value is -1.35. The maximum absolute atomic E-state index is 4.31. The number of hydrogen-bond donors (Lipinski definition) is 0. The number of thiazole rings is 1. The molecule has 84 valence electrons. The minimum atomic E-state index is 1.05. The van der Waals surface area contributed by atoms with Crippen LogP contribution >= 0.6 is 11.3 Å². The molecule has 2 nitrogen and oxygen atoms in total. The van der Waals surface area contributed by atoms with Gasteiger partial charge in [0.05, 0.1) is 0 Å². The van der Waals surface area contributed by atoms with Crippen molar-refractivity contribution < 1.29 is 0 Å². The van der Waals surface area contributed by atoms with Crippen LogP contribution in [0.3, 0.4) is 0 Å². The highest BCUT2D eigenvalue weighted by Gasteiger charge is 2.03. The van der Waals surface area contributed by atoms with E-state index in [0.29, 0.717) is 0 Å². The average molecular weight is 232 g/mol. The van der Waals surface area contributed by atoms with Gasteiger partial charge < -0.3 is 4.90 Å². The number of aromatic nitrogens is 1. The first kappa shape index (κ1) is 11.1. The SMILES string of the molecule is CCN(CC)c1ccc(-c2nccs2)cc1. The maximum atomic E-state index is 4.31. The van der Waals surface area contributed by atoms with Gasteiger partial charge in [0.25, 0.3) is 0 Å². The lowest BCUT2D eigenvalue weighted by atomic mass is 10.2. The highest BCUT2D eigenvalue weighted by molar-refractivity contribution is 7.13. The Morgan fingerprint density at radius 2 is 1.81 bits per heavy atom. The zero-order valence-electron chi connectivity index (χ0n) is 9.68. The Bertz CT molecular complexity index is 416. The summed E-state index contributed by atoms with van der Waals surface area (Å²) in [5.74, 6) is 0. The molecule has 0 spiro atoms. The van der Waals surface area contributed by atoms with Crippen LogP contribution in [0.2, 0.25) is 0 Å². The van der Waals surface area contributed by atoms with Gasteiger partial charge in [0.2, 0.25) is 0 Å². The first-order valence-electron chi connectivity index (χ1n) is 5.60. The number of nitrogens with zero attached hydrogens (tertiary/aromatic N) is 2. The van der Waals surface area contributed by atoms with E-state index in [2.05, 4.69) is 48.0 Å². The van der Waals surface area contributed by atoms with Crippen LogP contribution in [0.25, 0.3) is 10.6 Å². The van der Waals surface area contributed by atoms with Crippen molar-refractivity contribution in [2.75, 3.05) is 18.0 Å². The average Bonchev–Trinajstić information content (AvgIpc) is 2.85. The van der Waals surface area contributed by atoms with Crippen molar-refractivity contribution in [3.8, 4) is 10.6 Å². The van der Waals surface area contributed by atoms with Crippen molar-refractivity contribution >= 4 is 17.0 Å². The van der Waals surface area contributed by atoms with Crippen LogP contribution in [0.4, 0.5) is 5.69 Å². The van der Waals surface area contributed by atoms with Crippen molar-refractivity contribution in [2.24, 2.45) is 0 Å². The van der Waals surface area contributed by atoms with Gasteiger partial charge in [-0.05, 0) is 38.1 Å². The Morgan fingerprint density at radius 1 is 1.12 bits per heavy atom. The molecule has 3 heteroatoms. The number of benzene rings is 1. The number of anilines is 1. The summed E-state index contributed by atoms with van der Waals surface area (Å²) in [6.07, 6.45) is 1.85. The van der Waals surface area contributed by atoms with Crippen molar-refractivity contribution in [1.29, 1.82) is 0 Å². The molecule has 0 aliphatic rings. The lowest BCUT2D eigenvalue weighted by Crippen LogP contribution is -2.21. The highest BCUT2D eigenvalue weighted by Crippen LogP contribution is 2.24. The quantitative estimate of drug-likeness (QED) is 0.799. The molecule has 0 N–H and O–H groups in total. The van der Waals surface area contributed by atoms with E-state index in [1.165, 1.54) is 11.3 Å². The fourth-order valence-electron chi connectivity index (χ4n) is 1.77. The standard InChI is InChI=1S/C13H16N2S/c1-3-15(4-2)12-7-5-11(6-8-12)13-14-9-10-16-13/h5-10H,3-4H2,1-2H3. The van der Waals surface area contributed by atoms with Crippen LogP contribution in [-0.2, 0) is 0 Å². The van der Waals surface area contributed by atoms with E-state index < -0.39 is 0 Å². The number of rotatable bonds is 4. The highest BCUT2D eigenvalue weighted by atomic mass is 32.1. The summed E-state index contributed by atoms with van der Waals surface area (Å²) in [4.78, 5) is 6.65. The fourth-order valence-corrected chi connectivity index (χ4v) is 2.41. The molecule has 16 heavy (non-hydrogen) atoms. The van der Waals surface area contributed by atoms with E-state index in [1.54, 1.807) is 11.3 Å². The third kappa shape index (κ3) is 2.25. The third-order valence-corrected chi connectivity index (χ3v) is 3.50. The molecular weight excluding hydrogens is 216 g/mol. The normalized spacial score (nSPS) is 10.4. The van der Waals surface area contributed by atoms with Gasteiger partial charge >= 0.3 is 0 Å². The molecule has 0 fully saturated rings. The van der Waals surface area contributed by atoms with Gasteiger partial charge in [-0.25, -0.2) is 4.98 Å². The van der Waals surface area contributed by atoms with E-state index in [4.69, 9.17) is 0 Å². The van der Waals surface area contributed by atoms with Crippen LogP contribution in [-0.4, -0.2) is 18.1 Å². The second-order valence-corrected chi connectivity index (χ2v) is 4.45. The van der Waals surface area contributed by atoms with Crippen molar-refractivity contribution in [3.63, 3.8) is 0 Å². The van der Waals surface area contributed by atoms with Crippen molar-refractivity contribution in [3.05, 3.63) is 35.8 Å². The molecule has 1 aromatic carbocycles. The van der Waals surface area contributed by atoms with E-state index in [0.717, 1.165) is 18.1 Å². The molecule has 0 saturated heterocycles. The van der Waals surface area contributed by atoms with Crippen molar-refractivity contribution in [2.45, 2.75) is 13.8 Å². The lowest BCUT2D eigenvalue weighted by Gasteiger charge is -2.20. The molecule has 0 bridgehead atoms. The minimum absolute atomic E-state index is 1.05. The summed E-state index contributed by atoms with van der Waals surface area (Å²) in [6.45, 7) is 6.46. The van der Waals surface area contributed by atoms with Gasteiger partial charge in [0.15, 0.2) is 0 Å². The van der Waals surface area contributed by atoms with Gasteiger partial charge in [0.1, 0.15) is 5.01 Å².